The van der Waals surface area contributed by atoms with Gasteiger partial charge >= 0.3 is 0 Å². The molecule has 0 aromatic carbocycles. The van der Waals surface area contributed by atoms with E-state index >= 15 is 0 Å². The second-order valence-electron chi connectivity index (χ2n) is 4.80. The van der Waals surface area contributed by atoms with Crippen molar-refractivity contribution < 1.29 is 0 Å². The van der Waals surface area contributed by atoms with E-state index in [9.17, 15) is 5.26 Å². The summed E-state index contributed by atoms with van der Waals surface area (Å²) in [4.78, 5) is 0. The summed E-state index contributed by atoms with van der Waals surface area (Å²) in [7, 11) is 0. The van der Waals surface area contributed by atoms with Crippen LogP contribution < -0.4 is 5.32 Å². The molecule has 6 heteroatoms. The molecule has 0 amide bonds. The molecule has 2 unspecified atom stereocenters. The molecular weight excluding hydrogens is 252 g/mol. The van der Waals surface area contributed by atoms with Gasteiger partial charge in [0.1, 0.15) is 11.0 Å². The van der Waals surface area contributed by atoms with Crippen LogP contribution in [-0.2, 0) is 0 Å². The van der Waals surface area contributed by atoms with Crippen LogP contribution in [0.3, 0.4) is 0 Å². The molecule has 3 rings (SSSR count). The Balaban J connectivity index is 1.61. The fourth-order valence-corrected chi connectivity index (χ4v) is 4.36. The van der Waals surface area contributed by atoms with Gasteiger partial charge in [0.15, 0.2) is 4.34 Å². The average molecular weight is 266 g/mol. The lowest BCUT2D eigenvalue weighted by atomic mass is 10.00. The van der Waals surface area contributed by atoms with Gasteiger partial charge in [-0.3, -0.25) is 5.32 Å². The van der Waals surface area contributed by atoms with Crippen LogP contribution in [-0.4, -0.2) is 27.0 Å². The molecule has 2 atom stereocenters. The lowest BCUT2D eigenvalue weighted by Gasteiger charge is -2.22. The van der Waals surface area contributed by atoms with Crippen LogP contribution in [0.25, 0.3) is 0 Å². The summed E-state index contributed by atoms with van der Waals surface area (Å²) in [6.45, 7) is 0. The molecule has 2 fully saturated rings. The van der Waals surface area contributed by atoms with Crippen molar-refractivity contribution in [3.05, 3.63) is 5.51 Å². The highest BCUT2D eigenvalue weighted by Gasteiger charge is 2.43. The molecule has 0 bridgehead atoms. The summed E-state index contributed by atoms with van der Waals surface area (Å²) >= 11 is 3.36. The zero-order valence-electron chi connectivity index (χ0n) is 9.43. The number of hydrogen-bond acceptors (Lipinski definition) is 6. The molecule has 0 spiro atoms. The highest BCUT2D eigenvalue weighted by molar-refractivity contribution is 8.01. The molecule has 2 aliphatic rings. The molecule has 0 aliphatic heterocycles. The van der Waals surface area contributed by atoms with E-state index in [1.807, 2.05) is 0 Å². The first kappa shape index (κ1) is 11.5. The maximum absolute atomic E-state index is 9.39. The minimum absolute atomic E-state index is 0.274. The van der Waals surface area contributed by atoms with Gasteiger partial charge in [0.25, 0.3) is 0 Å². The van der Waals surface area contributed by atoms with Gasteiger partial charge in [-0.05, 0) is 32.1 Å². The van der Waals surface area contributed by atoms with Gasteiger partial charge in [0.2, 0.25) is 0 Å². The maximum atomic E-state index is 9.39. The van der Waals surface area contributed by atoms with E-state index in [2.05, 4.69) is 21.6 Å². The van der Waals surface area contributed by atoms with Crippen LogP contribution in [0.1, 0.15) is 32.1 Å². The Labute approximate surface area is 109 Å². The number of nitrogens with zero attached hydrogens (tertiary/aromatic N) is 3. The summed E-state index contributed by atoms with van der Waals surface area (Å²) in [6.07, 6.45) is 5.47. The fourth-order valence-electron chi connectivity index (χ4n) is 2.34. The van der Waals surface area contributed by atoms with Crippen molar-refractivity contribution in [3.63, 3.8) is 0 Å². The third-order valence-electron chi connectivity index (χ3n) is 3.35. The SMILES string of the molecule is N#CC1(NC2CC2)CCC(Sc2nncs2)C1. The minimum atomic E-state index is -0.274. The number of nitriles is 1. The molecule has 17 heavy (non-hydrogen) atoms. The van der Waals surface area contributed by atoms with Crippen LogP contribution in [0.4, 0.5) is 0 Å². The average Bonchev–Trinajstić information content (AvgIpc) is 2.84. The van der Waals surface area contributed by atoms with Crippen LogP contribution in [0.15, 0.2) is 9.85 Å². The summed E-state index contributed by atoms with van der Waals surface area (Å²) in [6, 6.07) is 3.10. The quantitative estimate of drug-likeness (QED) is 0.905. The predicted octanol–water partition coefficient (Wildman–Crippen LogP) is 2.20. The molecule has 90 valence electrons. The first-order valence-electron chi connectivity index (χ1n) is 5.91. The van der Waals surface area contributed by atoms with Gasteiger partial charge in [0, 0.05) is 11.3 Å². The Kier molecular flexibility index (Phi) is 3.07. The summed E-state index contributed by atoms with van der Waals surface area (Å²) in [5.74, 6) is 0. The molecule has 1 N–H and O–H groups in total. The first-order chi connectivity index (χ1) is 8.30. The van der Waals surface area contributed by atoms with Crippen LogP contribution in [0.5, 0.6) is 0 Å². The van der Waals surface area contributed by atoms with Gasteiger partial charge in [-0.1, -0.05) is 23.1 Å². The van der Waals surface area contributed by atoms with Crippen molar-refractivity contribution in [2.45, 2.75) is 53.3 Å². The highest BCUT2D eigenvalue weighted by Crippen LogP contribution is 2.41. The molecule has 1 heterocycles. The largest absolute Gasteiger partial charge is 0.297 e. The molecule has 0 radical (unpaired) electrons. The molecular formula is C11H14N4S2. The van der Waals surface area contributed by atoms with Crippen molar-refractivity contribution in [2.75, 3.05) is 0 Å². The van der Waals surface area contributed by atoms with Crippen molar-refractivity contribution in [2.24, 2.45) is 0 Å². The Morgan fingerprint density at radius 3 is 3.06 bits per heavy atom. The standard InChI is InChI=1S/C11H14N4S2/c12-6-11(14-8-1-2-8)4-3-9(5-11)17-10-15-13-7-16-10/h7-9,14H,1-5H2. The third kappa shape index (κ3) is 2.62. The van der Waals surface area contributed by atoms with Crippen LogP contribution in [0.2, 0.25) is 0 Å². The maximum Gasteiger partial charge on any atom is 0.174 e. The fraction of sp³-hybridized carbons (Fsp3) is 0.727. The van der Waals surface area contributed by atoms with E-state index in [1.54, 1.807) is 28.6 Å². The number of rotatable bonds is 4. The van der Waals surface area contributed by atoms with Crippen molar-refractivity contribution >= 4 is 23.1 Å². The Hall–Kier alpha value is -0.640. The van der Waals surface area contributed by atoms with Crippen molar-refractivity contribution in [1.29, 1.82) is 5.26 Å². The number of nitrogens with one attached hydrogen (secondary N) is 1. The van der Waals surface area contributed by atoms with Crippen LogP contribution >= 0.6 is 23.1 Å². The number of thioether (sulfide) groups is 1. The molecule has 4 nitrogen and oxygen atoms in total. The normalized spacial score (nSPS) is 32.5. The summed E-state index contributed by atoms with van der Waals surface area (Å²) < 4.78 is 1.02. The molecule has 2 saturated carbocycles. The Bertz CT molecular complexity index is 423. The third-order valence-corrected chi connectivity index (χ3v) is 5.43. The lowest BCUT2D eigenvalue weighted by Crippen LogP contribution is -2.43. The van der Waals surface area contributed by atoms with Gasteiger partial charge in [-0.2, -0.15) is 5.26 Å². The zero-order chi connectivity index (χ0) is 11.7. The van der Waals surface area contributed by atoms with E-state index in [1.165, 1.54) is 12.8 Å². The van der Waals surface area contributed by atoms with Crippen LogP contribution in [0, 0.1) is 11.3 Å². The Morgan fingerprint density at radius 1 is 1.53 bits per heavy atom. The van der Waals surface area contributed by atoms with Gasteiger partial charge in [0.05, 0.1) is 6.07 Å². The topological polar surface area (TPSA) is 61.6 Å². The summed E-state index contributed by atoms with van der Waals surface area (Å²) in [5, 5.41) is 21.3. The molecule has 1 aromatic rings. The number of aromatic nitrogens is 2. The monoisotopic (exact) mass is 266 g/mol. The molecule has 0 saturated heterocycles. The second kappa shape index (κ2) is 4.56. The van der Waals surface area contributed by atoms with Crippen molar-refractivity contribution in [1.82, 2.24) is 15.5 Å². The van der Waals surface area contributed by atoms with E-state index in [0.717, 1.165) is 23.6 Å². The van der Waals surface area contributed by atoms with E-state index in [0.29, 0.717) is 11.3 Å². The van der Waals surface area contributed by atoms with Gasteiger partial charge < -0.3 is 0 Å². The second-order valence-corrected chi connectivity index (χ2v) is 7.18. The Morgan fingerprint density at radius 2 is 2.41 bits per heavy atom. The predicted molar refractivity (Wildman–Crippen MR) is 67.9 cm³/mol. The van der Waals surface area contributed by atoms with Gasteiger partial charge in [-0.15, -0.1) is 10.2 Å². The highest BCUT2D eigenvalue weighted by atomic mass is 32.2. The van der Waals surface area contributed by atoms with E-state index in [4.69, 9.17) is 0 Å². The summed E-state index contributed by atoms with van der Waals surface area (Å²) in [5.41, 5.74) is 1.49. The minimum Gasteiger partial charge on any atom is -0.297 e. The van der Waals surface area contributed by atoms with E-state index in [-0.39, 0.29) is 5.54 Å². The van der Waals surface area contributed by atoms with Crippen molar-refractivity contribution in [3.8, 4) is 6.07 Å². The van der Waals surface area contributed by atoms with Gasteiger partial charge in [-0.25, -0.2) is 0 Å². The zero-order valence-corrected chi connectivity index (χ0v) is 11.1. The molecule has 2 aliphatic carbocycles. The smallest absolute Gasteiger partial charge is 0.174 e. The lowest BCUT2D eigenvalue weighted by molar-refractivity contribution is 0.420. The van der Waals surface area contributed by atoms with E-state index < -0.39 is 0 Å². The first-order valence-corrected chi connectivity index (χ1v) is 7.67. The molecule has 1 aromatic heterocycles. The number of hydrogen-bond donors (Lipinski definition) is 1.